The summed E-state index contributed by atoms with van der Waals surface area (Å²) >= 11 is 6.22. The summed E-state index contributed by atoms with van der Waals surface area (Å²) in [5.41, 5.74) is 0.470. The Morgan fingerprint density at radius 2 is 1.42 bits per heavy atom. The maximum Gasteiger partial charge on any atom is 0.257 e. The van der Waals surface area contributed by atoms with Crippen LogP contribution in [0.5, 0.6) is 5.75 Å². The van der Waals surface area contributed by atoms with Crippen LogP contribution in [0.25, 0.3) is 0 Å². The van der Waals surface area contributed by atoms with Crippen LogP contribution < -0.4 is 0 Å². The summed E-state index contributed by atoms with van der Waals surface area (Å²) in [4.78, 5) is 28.9. The Kier molecular flexibility index (Phi) is 6.92. The number of hydrogen-bond acceptors (Lipinski definition) is 5. The number of nitrogens with zero attached hydrogens (tertiary/aromatic N) is 3. The van der Waals surface area contributed by atoms with Gasteiger partial charge in [0, 0.05) is 44.8 Å². The third-order valence-electron chi connectivity index (χ3n) is 6.10. The largest absolute Gasteiger partial charge is 0.507 e. The van der Waals surface area contributed by atoms with Crippen molar-refractivity contribution in [2.75, 3.05) is 39.3 Å². The number of carbonyl (C=O) groups is 2. The van der Waals surface area contributed by atoms with Gasteiger partial charge in [0.05, 0.1) is 10.6 Å². The van der Waals surface area contributed by atoms with Crippen molar-refractivity contribution in [3.05, 3.63) is 58.6 Å². The zero-order chi connectivity index (χ0) is 23.6. The Balaban J connectivity index is 1.47. The highest BCUT2D eigenvalue weighted by atomic mass is 35.5. The molecule has 4 rings (SSSR count). The molecule has 176 valence electrons. The molecule has 2 saturated heterocycles. The fourth-order valence-corrected chi connectivity index (χ4v) is 6.22. The molecule has 1 N–H and O–H groups in total. The fourth-order valence-electron chi connectivity index (χ4n) is 4.20. The van der Waals surface area contributed by atoms with Crippen LogP contribution in [0.15, 0.2) is 47.4 Å². The van der Waals surface area contributed by atoms with Crippen LogP contribution >= 0.6 is 11.6 Å². The van der Waals surface area contributed by atoms with Crippen LogP contribution in [0.4, 0.5) is 0 Å². The van der Waals surface area contributed by atoms with Crippen molar-refractivity contribution in [3.63, 3.8) is 0 Å². The van der Waals surface area contributed by atoms with Gasteiger partial charge in [-0.05, 0) is 43.2 Å². The minimum Gasteiger partial charge on any atom is -0.507 e. The fraction of sp³-hybridized carbons (Fsp3) is 0.391. The SMILES string of the molecule is O=C(c1ccc(Cl)c(S(=O)(=O)N2CCCCC2)c1)N1CCN(C(=O)c2ccccc2O)CC1. The second-order valence-electron chi connectivity index (χ2n) is 8.21. The molecule has 0 radical (unpaired) electrons. The maximum absolute atomic E-state index is 13.1. The van der Waals surface area contributed by atoms with Gasteiger partial charge in [-0.15, -0.1) is 0 Å². The van der Waals surface area contributed by atoms with Crippen LogP contribution in [0.2, 0.25) is 5.02 Å². The molecular weight excluding hydrogens is 466 g/mol. The molecular formula is C23H26ClN3O5S. The molecule has 2 aliphatic heterocycles. The molecule has 2 aromatic rings. The molecule has 0 spiro atoms. The summed E-state index contributed by atoms with van der Waals surface area (Å²) in [6, 6.07) is 10.7. The standard InChI is InChI=1S/C23H26ClN3O5S/c24-19-9-8-17(16-21(19)33(31,32)27-10-4-1-5-11-27)22(29)25-12-14-26(15-13-25)23(30)18-6-2-3-7-20(18)28/h2-3,6-9,16,28H,1,4-5,10-15H2. The number of amides is 2. The average Bonchev–Trinajstić information content (AvgIpc) is 2.84. The normalized spacial score (nSPS) is 17.7. The molecule has 2 heterocycles. The molecule has 0 saturated carbocycles. The van der Waals surface area contributed by atoms with Crippen molar-refractivity contribution in [1.29, 1.82) is 0 Å². The highest BCUT2D eigenvalue weighted by molar-refractivity contribution is 7.89. The monoisotopic (exact) mass is 491 g/mol. The summed E-state index contributed by atoms with van der Waals surface area (Å²) < 4.78 is 27.6. The molecule has 2 fully saturated rings. The Labute approximate surface area is 198 Å². The van der Waals surface area contributed by atoms with Gasteiger partial charge in [-0.25, -0.2) is 8.42 Å². The third kappa shape index (κ3) is 4.85. The van der Waals surface area contributed by atoms with Crippen molar-refractivity contribution >= 4 is 33.4 Å². The summed E-state index contributed by atoms with van der Waals surface area (Å²) in [6.45, 7) is 2.12. The minimum atomic E-state index is -3.78. The molecule has 0 bridgehead atoms. The van der Waals surface area contributed by atoms with Gasteiger partial charge >= 0.3 is 0 Å². The van der Waals surface area contributed by atoms with E-state index in [2.05, 4.69) is 0 Å². The second-order valence-corrected chi connectivity index (χ2v) is 10.5. The lowest BCUT2D eigenvalue weighted by Gasteiger charge is -2.35. The highest BCUT2D eigenvalue weighted by Crippen LogP contribution is 2.28. The molecule has 33 heavy (non-hydrogen) atoms. The van der Waals surface area contributed by atoms with Crippen LogP contribution in [-0.2, 0) is 10.0 Å². The molecule has 0 aromatic heterocycles. The lowest BCUT2D eigenvalue weighted by atomic mass is 10.1. The number of hydrogen-bond donors (Lipinski definition) is 1. The number of piperidine rings is 1. The van der Waals surface area contributed by atoms with E-state index >= 15 is 0 Å². The van der Waals surface area contributed by atoms with Crippen molar-refractivity contribution in [2.24, 2.45) is 0 Å². The summed E-state index contributed by atoms with van der Waals surface area (Å²) in [5, 5.41) is 10.0. The van der Waals surface area contributed by atoms with E-state index in [1.54, 1.807) is 28.0 Å². The van der Waals surface area contributed by atoms with Gasteiger partial charge in [-0.3, -0.25) is 9.59 Å². The summed E-state index contributed by atoms with van der Waals surface area (Å²) in [6.07, 6.45) is 2.61. The topological polar surface area (TPSA) is 98.2 Å². The number of phenols is 1. The molecule has 2 aliphatic rings. The highest BCUT2D eigenvalue weighted by Gasteiger charge is 2.31. The van der Waals surface area contributed by atoms with E-state index < -0.39 is 10.0 Å². The Morgan fingerprint density at radius 1 is 0.818 bits per heavy atom. The number of rotatable bonds is 4. The first kappa shape index (κ1) is 23.5. The number of aromatic hydroxyl groups is 1. The smallest absolute Gasteiger partial charge is 0.257 e. The molecule has 0 aliphatic carbocycles. The maximum atomic E-state index is 13.1. The van der Waals surface area contributed by atoms with Gasteiger partial charge < -0.3 is 14.9 Å². The zero-order valence-corrected chi connectivity index (χ0v) is 19.7. The van der Waals surface area contributed by atoms with E-state index in [-0.39, 0.29) is 38.6 Å². The number of benzene rings is 2. The molecule has 2 amide bonds. The Hall–Kier alpha value is -2.62. The van der Waals surface area contributed by atoms with Crippen LogP contribution in [0.3, 0.4) is 0 Å². The van der Waals surface area contributed by atoms with Gasteiger partial charge in [0.1, 0.15) is 10.6 Å². The number of para-hydroxylation sites is 1. The number of phenolic OH excluding ortho intramolecular Hbond substituents is 1. The van der Waals surface area contributed by atoms with Gasteiger partial charge in [0.25, 0.3) is 11.8 Å². The quantitative estimate of drug-likeness (QED) is 0.709. The Morgan fingerprint density at radius 3 is 2.06 bits per heavy atom. The second kappa shape index (κ2) is 9.70. The number of halogens is 1. The van der Waals surface area contributed by atoms with Crippen molar-refractivity contribution in [2.45, 2.75) is 24.2 Å². The van der Waals surface area contributed by atoms with Crippen molar-refractivity contribution in [3.8, 4) is 5.75 Å². The van der Waals surface area contributed by atoms with E-state index in [1.807, 2.05) is 0 Å². The lowest BCUT2D eigenvalue weighted by molar-refractivity contribution is 0.0533. The van der Waals surface area contributed by atoms with Crippen LogP contribution in [-0.4, -0.2) is 78.7 Å². The number of piperazine rings is 1. The Bertz CT molecular complexity index is 1160. The predicted octanol–water partition coefficient (Wildman–Crippen LogP) is 2.82. The summed E-state index contributed by atoms with van der Waals surface area (Å²) in [7, 11) is -3.78. The van der Waals surface area contributed by atoms with Gasteiger partial charge in [-0.1, -0.05) is 30.2 Å². The van der Waals surface area contributed by atoms with E-state index in [4.69, 9.17) is 11.6 Å². The van der Waals surface area contributed by atoms with E-state index in [9.17, 15) is 23.1 Å². The molecule has 0 atom stereocenters. The minimum absolute atomic E-state index is 0.0507. The van der Waals surface area contributed by atoms with Crippen LogP contribution in [0.1, 0.15) is 40.0 Å². The van der Waals surface area contributed by atoms with Crippen molar-refractivity contribution in [1.82, 2.24) is 14.1 Å². The first-order chi connectivity index (χ1) is 15.8. The van der Waals surface area contributed by atoms with E-state index in [0.29, 0.717) is 39.3 Å². The summed E-state index contributed by atoms with van der Waals surface area (Å²) in [5.74, 6) is -0.678. The number of carbonyl (C=O) groups excluding carboxylic acids is 2. The van der Waals surface area contributed by atoms with Gasteiger partial charge in [0.2, 0.25) is 10.0 Å². The number of sulfonamides is 1. The van der Waals surface area contributed by atoms with E-state index in [0.717, 1.165) is 19.3 Å². The van der Waals surface area contributed by atoms with Gasteiger partial charge in [-0.2, -0.15) is 4.31 Å². The van der Waals surface area contributed by atoms with E-state index in [1.165, 1.54) is 28.6 Å². The lowest BCUT2D eigenvalue weighted by Crippen LogP contribution is -2.50. The first-order valence-corrected chi connectivity index (χ1v) is 12.8. The molecule has 2 aromatic carbocycles. The first-order valence-electron chi connectivity index (χ1n) is 11.0. The molecule has 10 heteroatoms. The molecule has 8 nitrogen and oxygen atoms in total. The van der Waals surface area contributed by atoms with Crippen molar-refractivity contribution < 1.29 is 23.1 Å². The average molecular weight is 492 g/mol. The van der Waals surface area contributed by atoms with Gasteiger partial charge in [0.15, 0.2) is 0 Å². The third-order valence-corrected chi connectivity index (χ3v) is 8.48. The predicted molar refractivity (Wildman–Crippen MR) is 124 cm³/mol. The van der Waals surface area contributed by atoms with Crippen LogP contribution in [0, 0.1) is 0 Å². The zero-order valence-electron chi connectivity index (χ0n) is 18.1. The molecule has 0 unspecified atom stereocenters.